The van der Waals surface area contributed by atoms with Crippen LogP contribution in [0.3, 0.4) is 0 Å². The lowest BCUT2D eigenvalue weighted by molar-refractivity contribution is -0.120. The van der Waals surface area contributed by atoms with E-state index >= 15 is 0 Å². The van der Waals surface area contributed by atoms with E-state index in [1.807, 2.05) is 13.8 Å². The van der Waals surface area contributed by atoms with E-state index in [1.54, 1.807) is 0 Å². The van der Waals surface area contributed by atoms with Gasteiger partial charge in [-0.15, -0.1) is 0 Å². The molecule has 0 heterocycles. The van der Waals surface area contributed by atoms with Gasteiger partial charge in [-0.25, -0.2) is 4.39 Å². The predicted molar refractivity (Wildman–Crippen MR) is 66.2 cm³/mol. The van der Waals surface area contributed by atoms with Crippen molar-refractivity contribution < 1.29 is 9.18 Å². The molecule has 0 aliphatic rings. The van der Waals surface area contributed by atoms with E-state index in [-0.39, 0.29) is 10.6 Å². The molecule has 0 aliphatic heterocycles. The normalized spacial score (nSPS) is 12.8. The summed E-state index contributed by atoms with van der Waals surface area (Å²) in [4.78, 5) is 11.4. The third-order valence-corrected chi connectivity index (χ3v) is 2.63. The zero-order valence-corrected chi connectivity index (χ0v) is 10.6. The second kappa shape index (κ2) is 5.98. The van der Waals surface area contributed by atoms with Crippen molar-refractivity contribution in [1.82, 2.24) is 5.32 Å². The first-order chi connectivity index (χ1) is 7.93. The van der Waals surface area contributed by atoms with E-state index in [0.717, 1.165) is 0 Å². The van der Waals surface area contributed by atoms with Crippen LogP contribution in [0.15, 0.2) is 18.2 Å². The van der Waals surface area contributed by atoms with Crippen molar-refractivity contribution in [2.24, 2.45) is 11.7 Å². The van der Waals surface area contributed by atoms with Crippen LogP contribution in [0.5, 0.6) is 0 Å². The van der Waals surface area contributed by atoms with Crippen molar-refractivity contribution >= 4 is 17.5 Å². The molecular weight excluding hydrogens is 243 g/mol. The average molecular weight is 259 g/mol. The summed E-state index contributed by atoms with van der Waals surface area (Å²) in [7, 11) is 0. The Morgan fingerprint density at radius 2 is 2.18 bits per heavy atom. The number of hydrogen-bond acceptors (Lipinski definition) is 2. The summed E-state index contributed by atoms with van der Waals surface area (Å²) in [5, 5.41) is 3.12. The second-order valence-corrected chi connectivity index (χ2v) is 4.68. The van der Waals surface area contributed by atoms with E-state index < -0.39 is 17.8 Å². The van der Waals surface area contributed by atoms with Crippen LogP contribution in [0, 0.1) is 11.7 Å². The number of rotatable bonds is 5. The maximum absolute atomic E-state index is 13.7. The SMILES string of the molecule is CC(C)CNC(C(N)=O)c1c(F)cccc1Cl. The van der Waals surface area contributed by atoms with Gasteiger partial charge in [0.2, 0.25) is 5.91 Å². The number of nitrogens with two attached hydrogens (primary N) is 1. The molecule has 5 heteroatoms. The van der Waals surface area contributed by atoms with Crippen LogP contribution in [0.25, 0.3) is 0 Å². The number of primary amides is 1. The van der Waals surface area contributed by atoms with Gasteiger partial charge in [-0.2, -0.15) is 0 Å². The van der Waals surface area contributed by atoms with Crippen molar-refractivity contribution in [3.63, 3.8) is 0 Å². The minimum Gasteiger partial charge on any atom is -0.368 e. The van der Waals surface area contributed by atoms with Gasteiger partial charge in [0.1, 0.15) is 11.9 Å². The number of hydrogen-bond donors (Lipinski definition) is 2. The lowest BCUT2D eigenvalue weighted by Crippen LogP contribution is -2.36. The molecule has 0 saturated heterocycles. The molecule has 3 N–H and O–H groups in total. The topological polar surface area (TPSA) is 55.1 Å². The number of amides is 1. The predicted octanol–water partition coefficient (Wildman–Crippen LogP) is 2.25. The Morgan fingerprint density at radius 1 is 1.53 bits per heavy atom. The Morgan fingerprint density at radius 3 is 2.65 bits per heavy atom. The summed E-state index contributed by atoms with van der Waals surface area (Å²) in [5.74, 6) is -0.849. The van der Waals surface area contributed by atoms with E-state index in [1.165, 1.54) is 18.2 Å². The van der Waals surface area contributed by atoms with Gasteiger partial charge < -0.3 is 11.1 Å². The second-order valence-electron chi connectivity index (χ2n) is 4.27. The highest BCUT2D eigenvalue weighted by molar-refractivity contribution is 6.31. The van der Waals surface area contributed by atoms with Gasteiger partial charge in [0.15, 0.2) is 0 Å². The summed E-state index contributed by atoms with van der Waals surface area (Å²) < 4.78 is 13.7. The van der Waals surface area contributed by atoms with Crippen LogP contribution in [0.2, 0.25) is 5.02 Å². The molecule has 1 atom stereocenters. The molecule has 0 spiro atoms. The lowest BCUT2D eigenvalue weighted by Gasteiger charge is -2.19. The standard InChI is InChI=1S/C12H16ClFN2O/c1-7(2)6-16-11(12(15)17)10-8(13)4-3-5-9(10)14/h3-5,7,11,16H,6H2,1-2H3,(H2,15,17). The summed E-state index contributed by atoms with van der Waals surface area (Å²) in [6.07, 6.45) is 0. The molecule has 0 saturated carbocycles. The van der Waals surface area contributed by atoms with Crippen molar-refractivity contribution in [3.05, 3.63) is 34.6 Å². The average Bonchev–Trinajstić information content (AvgIpc) is 2.21. The van der Waals surface area contributed by atoms with Gasteiger partial charge in [0, 0.05) is 10.6 Å². The Bertz CT molecular complexity index is 389. The van der Waals surface area contributed by atoms with Gasteiger partial charge in [0.25, 0.3) is 0 Å². The van der Waals surface area contributed by atoms with Gasteiger partial charge in [-0.05, 0) is 24.6 Å². The first kappa shape index (κ1) is 13.9. The quantitative estimate of drug-likeness (QED) is 0.851. The fourth-order valence-corrected chi connectivity index (χ4v) is 1.76. The van der Waals surface area contributed by atoms with Gasteiger partial charge in [-0.1, -0.05) is 31.5 Å². The largest absolute Gasteiger partial charge is 0.368 e. The van der Waals surface area contributed by atoms with Crippen LogP contribution in [0.4, 0.5) is 4.39 Å². The molecule has 1 aromatic carbocycles. The molecule has 1 rings (SSSR count). The summed E-state index contributed by atoms with van der Waals surface area (Å²) in [5.41, 5.74) is 5.38. The first-order valence-electron chi connectivity index (χ1n) is 5.40. The van der Waals surface area contributed by atoms with Crippen LogP contribution in [-0.2, 0) is 4.79 Å². The Labute approximate surface area is 105 Å². The number of nitrogens with one attached hydrogen (secondary N) is 1. The van der Waals surface area contributed by atoms with Crippen molar-refractivity contribution in [2.75, 3.05) is 6.54 Å². The van der Waals surface area contributed by atoms with Crippen molar-refractivity contribution in [1.29, 1.82) is 0 Å². The number of halogens is 2. The minimum atomic E-state index is -0.897. The first-order valence-corrected chi connectivity index (χ1v) is 5.78. The highest BCUT2D eigenvalue weighted by atomic mass is 35.5. The Kier molecular flexibility index (Phi) is 4.90. The smallest absolute Gasteiger partial charge is 0.239 e. The Balaban J connectivity index is 3.01. The number of benzene rings is 1. The molecule has 1 unspecified atom stereocenters. The summed E-state index contributed by atoms with van der Waals surface area (Å²) in [6, 6.07) is 3.38. The van der Waals surface area contributed by atoms with Gasteiger partial charge in [0.05, 0.1) is 0 Å². The van der Waals surface area contributed by atoms with Gasteiger partial charge in [-0.3, -0.25) is 4.79 Å². The zero-order chi connectivity index (χ0) is 13.0. The monoisotopic (exact) mass is 258 g/mol. The molecule has 17 heavy (non-hydrogen) atoms. The number of carbonyl (C=O) groups excluding carboxylic acids is 1. The van der Waals surface area contributed by atoms with Crippen molar-refractivity contribution in [2.45, 2.75) is 19.9 Å². The molecule has 0 aliphatic carbocycles. The lowest BCUT2D eigenvalue weighted by atomic mass is 10.0. The third kappa shape index (κ3) is 3.68. The molecule has 3 nitrogen and oxygen atoms in total. The highest BCUT2D eigenvalue weighted by Crippen LogP contribution is 2.25. The zero-order valence-electron chi connectivity index (χ0n) is 9.84. The molecule has 0 bridgehead atoms. The van der Waals surface area contributed by atoms with Crippen LogP contribution in [-0.4, -0.2) is 12.5 Å². The molecule has 94 valence electrons. The van der Waals surface area contributed by atoms with Crippen LogP contribution in [0.1, 0.15) is 25.5 Å². The fraction of sp³-hybridized carbons (Fsp3) is 0.417. The fourth-order valence-electron chi connectivity index (χ4n) is 1.48. The molecule has 1 aromatic rings. The van der Waals surface area contributed by atoms with Crippen LogP contribution < -0.4 is 11.1 Å². The van der Waals surface area contributed by atoms with Crippen molar-refractivity contribution in [3.8, 4) is 0 Å². The third-order valence-electron chi connectivity index (χ3n) is 2.30. The maximum atomic E-state index is 13.7. The molecule has 1 amide bonds. The Hall–Kier alpha value is -1.13. The van der Waals surface area contributed by atoms with Gasteiger partial charge >= 0.3 is 0 Å². The summed E-state index contributed by atoms with van der Waals surface area (Å²) >= 11 is 5.90. The van der Waals surface area contributed by atoms with Crippen LogP contribution >= 0.6 is 11.6 Å². The van der Waals surface area contributed by atoms with E-state index in [0.29, 0.717) is 12.5 Å². The minimum absolute atomic E-state index is 0.113. The molecule has 0 aromatic heterocycles. The van der Waals surface area contributed by atoms with E-state index in [2.05, 4.69) is 5.32 Å². The number of carbonyl (C=O) groups is 1. The van der Waals surface area contributed by atoms with E-state index in [9.17, 15) is 9.18 Å². The molecule has 0 fully saturated rings. The van der Waals surface area contributed by atoms with E-state index in [4.69, 9.17) is 17.3 Å². The molecule has 0 radical (unpaired) electrons. The highest BCUT2D eigenvalue weighted by Gasteiger charge is 2.23. The maximum Gasteiger partial charge on any atom is 0.239 e. The summed E-state index contributed by atoms with van der Waals surface area (Å²) in [6.45, 7) is 4.51. The molecular formula is C12H16ClFN2O.